The normalized spacial score (nSPS) is 16.6. The second kappa shape index (κ2) is 10.3. The van der Waals surface area contributed by atoms with E-state index in [0.29, 0.717) is 24.8 Å². The van der Waals surface area contributed by atoms with Crippen molar-refractivity contribution in [2.24, 2.45) is 11.1 Å². The number of Topliss-reactive ketones (excluding diaryl/α,β-unsaturated/α-hetero) is 1. The number of hydrogen-bond acceptors (Lipinski definition) is 3. The minimum Gasteiger partial charge on any atom is -0.355 e. The molecule has 34 heavy (non-hydrogen) atoms. The summed E-state index contributed by atoms with van der Waals surface area (Å²) in [6.07, 6.45) is 1.23. The van der Waals surface area contributed by atoms with E-state index in [1.165, 1.54) is 12.1 Å². The number of rotatable bonds is 11. The first-order valence-electron chi connectivity index (χ1n) is 11.8. The third-order valence-electron chi connectivity index (χ3n) is 7.01. The highest BCUT2D eigenvalue weighted by Crippen LogP contribution is 2.65. The first-order valence-corrected chi connectivity index (χ1v) is 11.8. The molecule has 4 nitrogen and oxygen atoms in total. The zero-order valence-corrected chi connectivity index (χ0v) is 20.0. The Morgan fingerprint density at radius 3 is 2.38 bits per heavy atom. The Labute approximate surface area is 199 Å². The second-order valence-electron chi connectivity index (χ2n) is 9.52. The van der Waals surface area contributed by atoms with Crippen LogP contribution in [0.5, 0.6) is 0 Å². The number of carbonyl (C=O) groups excluding carboxylic acids is 2. The highest BCUT2D eigenvalue weighted by Gasteiger charge is 2.63. The Morgan fingerprint density at radius 1 is 1.18 bits per heavy atom. The molecule has 0 aliphatic heterocycles. The van der Waals surface area contributed by atoms with Gasteiger partial charge in [0.05, 0.1) is 5.56 Å². The zero-order valence-electron chi connectivity index (χ0n) is 20.0. The molecule has 3 N–H and O–H groups in total. The predicted octanol–water partition coefficient (Wildman–Crippen LogP) is 5.32. The van der Waals surface area contributed by atoms with E-state index in [9.17, 15) is 22.8 Å². The van der Waals surface area contributed by atoms with Gasteiger partial charge in [0, 0.05) is 36.8 Å². The average Bonchev–Trinajstić information content (AvgIpc) is 3.60. The van der Waals surface area contributed by atoms with E-state index in [1.807, 2.05) is 6.07 Å². The number of aryl methyl sites for hydroxylation is 1. The molecule has 7 heteroatoms. The van der Waals surface area contributed by atoms with Crippen LogP contribution in [0.3, 0.4) is 0 Å². The smallest absolute Gasteiger partial charge is 0.251 e. The van der Waals surface area contributed by atoms with Crippen molar-refractivity contribution < 1.29 is 22.8 Å². The number of alkyl halides is 2. The first-order chi connectivity index (χ1) is 16.0. The summed E-state index contributed by atoms with van der Waals surface area (Å²) in [6, 6.07) is 11.4. The topological polar surface area (TPSA) is 72.2 Å². The zero-order chi connectivity index (χ0) is 25.1. The molecule has 2 aromatic carbocycles. The number of amides is 1. The number of carbonyl (C=O) groups is 2. The van der Waals surface area contributed by atoms with Crippen LogP contribution in [0.15, 0.2) is 42.5 Å². The summed E-state index contributed by atoms with van der Waals surface area (Å²) in [5.74, 6) is -4.67. The summed E-state index contributed by atoms with van der Waals surface area (Å²) in [5, 5.41) is 2.77. The maximum atomic E-state index is 14.5. The summed E-state index contributed by atoms with van der Waals surface area (Å²) >= 11 is 0. The number of nitrogens with two attached hydrogens (primary N) is 1. The van der Waals surface area contributed by atoms with Crippen molar-refractivity contribution in [3.8, 4) is 0 Å². The number of halogens is 3. The monoisotopic (exact) mass is 474 g/mol. The molecule has 1 amide bonds. The molecule has 1 aliphatic carbocycles. The van der Waals surface area contributed by atoms with E-state index in [4.69, 9.17) is 5.73 Å². The maximum Gasteiger partial charge on any atom is 0.251 e. The van der Waals surface area contributed by atoms with Gasteiger partial charge in [-0.3, -0.25) is 9.59 Å². The van der Waals surface area contributed by atoms with Crippen LogP contribution in [0.1, 0.15) is 72.5 Å². The van der Waals surface area contributed by atoms with Crippen LogP contribution >= 0.6 is 0 Å². The van der Waals surface area contributed by atoms with Gasteiger partial charge in [0.2, 0.25) is 5.91 Å². The van der Waals surface area contributed by atoms with Gasteiger partial charge in [-0.05, 0) is 61.9 Å². The van der Waals surface area contributed by atoms with Crippen molar-refractivity contribution in [1.29, 1.82) is 0 Å². The molecule has 0 saturated heterocycles. The lowest BCUT2D eigenvalue weighted by atomic mass is 9.77. The van der Waals surface area contributed by atoms with Crippen LogP contribution in [0.4, 0.5) is 13.2 Å². The van der Waals surface area contributed by atoms with Crippen molar-refractivity contribution in [3.63, 3.8) is 0 Å². The maximum absolute atomic E-state index is 14.5. The van der Waals surface area contributed by atoms with E-state index in [0.717, 1.165) is 18.1 Å². The van der Waals surface area contributed by atoms with Crippen LogP contribution in [-0.4, -0.2) is 30.2 Å². The molecular weight excluding hydrogens is 441 g/mol. The Balaban J connectivity index is 1.63. The Kier molecular flexibility index (Phi) is 7.86. The van der Waals surface area contributed by atoms with Crippen molar-refractivity contribution in [2.45, 2.75) is 70.8 Å². The fourth-order valence-electron chi connectivity index (χ4n) is 4.75. The second-order valence-corrected chi connectivity index (χ2v) is 9.52. The summed E-state index contributed by atoms with van der Waals surface area (Å²) in [7, 11) is 0. The Hall–Kier alpha value is -2.67. The van der Waals surface area contributed by atoms with Crippen LogP contribution in [-0.2, 0) is 11.2 Å². The lowest BCUT2D eigenvalue weighted by Gasteiger charge is -2.32. The van der Waals surface area contributed by atoms with Gasteiger partial charge in [-0.2, -0.15) is 0 Å². The van der Waals surface area contributed by atoms with Crippen LogP contribution in [0.2, 0.25) is 0 Å². The van der Waals surface area contributed by atoms with Gasteiger partial charge in [-0.1, -0.05) is 37.3 Å². The van der Waals surface area contributed by atoms with E-state index in [1.54, 1.807) is 38.1 Å². The summed E-state index contributed by atoms with van der Waals surface area (Å²) in [4.78, 5) is 24.6. The SMILES string of the molecule is CCC(=O)c1cc(C)c(C[C@H](N)CNC(=O)C[C@H](c2ccccc2)C2(C(C)(F)F)CC2)cc1F. The molecular formula is C27H33F3N2O2. The van der Waals surface area contributed by atoms with Gasteiger partial charge in [0.25, 0.3) is 5.92 Å². The highest BCUT2D eigenvalue weighted by molar-refractivity contribution is 5.96. The highest BCUT2D eigenvalue weighted by atomic mass is 19.3. The van der Waals surface area contributed by atoms with Gasteiger partial charge in [0.15, 0.2) is 5.78 Å². The Morgan fingerprint density at radius 2 is 1.82 bits per heavy atom. The number of nitrogens with one attached hydrogen (secondary N) is 1. The van der Waals surface area contributed by atoms with Gasteiger partial charge >= 0.3 is 0 Å². The number of ketones is 1. The van der Waals surface area contributed by atoms with E-state index < -0.39 is 29.1 Å². The molecule has 0 heterocycles. The molecule has 0 bridgehead atoms. The molecule has 1 fully saturated rings. The first kappa shape index (κ1) is 25.9. The van der Waals surface area contributed by atoms with E-state index >= 15 is 0 Å². The average molecular weight is 475 g/mol. The number of benzene rings is 2. The quantitative estimate of drug-likeness (QED) is 0.433. The molecule has 2 atom stereocenters. The van der Waals surface area contributed by atoms with Crippen molar-refractivity contribution in [1.82, 2.24) is 5.32 Å². The van der Waals surface area contributed by atoms with Gasteiger partial charge < -0.3 is 11.1 Å². The molecule has 1 saturated carbocycles. The molecule has 1 aliphatic rings. The minimum absolute atomic E-state index is 0.0539. The molecule has 0 radical (unpaired) electrons. The van der Waals surface area contributed by atoms with Crippen molar-refractivity contribution >= 4 is 11.7 Å². The van der Waals surface area contributed by atoms with Crippen molar-refractivity contribution in [3.05, 3.63) is 70.5 Å². The molecule has 184 valence electrons. The number of hydrogen-bond donors (Lipinski definition) is 2. The molecule has 0 unspecified atom stereocenters. The van der Waals surface area contributed by atoms with Crippen LogP contribution in [0.25, 0.3) is 0 Å². The van der Waals surface area contributed by atoms with Gasteiger partial charge in [-0.25, -0.2) is 13.2 Å². The van der Waals surface area contributed by atoms with Crippen molar-refractivity contribution in [2.75, 3.05) is 6.54 Å². The third kappa shape index (κ3) is 5.69. The van der Waals surface area contributed by atoms with Crippen LogP contribution in [0, 0.1) is 18.2 Å². The fraction of sp³-hybridized carbons (Fsp3) is 0.481. The van der Waals surface area contributed by atoms with Crippen LogP contribution < -0.4 is 11.1 Å². The largest absolute Gasteiger partial charge is 0.355 e. The molecule has 0 aromatic heterocycles. The lowest BCUT2D eigenvalue weighted by molar-refractivity contribution is -0.123. The predicted molar refractivity (Wildman–Crippen MR) is 127 cm³/mol. The molecule has 2 aromatic rings. The third-order valence-corrected chi connectivity index (χ3v) is 7.01. The fourth-order valence-corrected chi connectivity index (χ4v) is 4.75. The van der Waals surface area contributed by atoms with E-state index in [-0.39, 0.29) is 36.6 Å². The summed E-state index contributed by atoms with van der Waals surface area (Å²) in [6.45, 7) is 4.53. The van der Waals surface area contributed by atoms with Gasteiger partial charge in [-0.15, -0.1) is 0 Å². The summed E-state index contributed by atoms with van der Waals surface area (Å²) < 4.78 is 43.3. The minimum atomic E-state index is -2.89. The molecule has 0 spiro atoms. The standard InChI is InChI=1S/C27H33F3N2O2/c1-4-24(33)21-12-17(2)19(14-23(21)28)13-20(31)16-32-25(34)15-22(18-8-6-5-7-9-18)27(10-11-27)26(3,29)30/h5-9,12,14,20,22H,4,10-11,13,15-16,31H2,1-3H3,(H,32,34)/t20-,22+/m0/s1. The van der Waals surface area contributed by atoms with E-state index in [2.05, 4.69) is 5.32 Å². The molecule has 3 rings (SSSR count). The summed E-state index contributed by atoms with van der Waals surface area (Å²) in [5.41, 5.74) is 7.19. The van der Waals surface area contributed by atoms with Gasteiger partial charge in [0.1, 0.15) is 5.82 Å². The lowest BCUT2D eigenvalue weighted by Crippen LogP contribution is -2.41. The Bertz CT molecular complexity index is 1030.